The van der Waals surface area contributed by atoms with Gasteiger partial charge in [-0.15, -0.1) is 0 Å². The van der Waals surface area contributed by atoms with Gasteiger partial charge in [0.15, 0.2) is 11.5 Å². The number of piperidine rings is 1. The number of fused-ring (bicyclic) bond motifs is 1. The summed E-state index contributed by atoms with van der Waals surface area (Å²) in [6.07, 6.45) is 0.695. The van der Waals surface area contributed by atoms with E-state index in [1.54, 1.807) is 24.3 Å². The molecule has 0 saturated carbocycles. The molecule has 36 heavy (non-hydrogen) atoms. The molecule has 0 spiro atoms. The Morgan fingerprint density at radius 3 is 2.56 bits per heavy atom. The second-order valence-corrected chi connectivity index (χ2v) is 10.7. The van der Waals surface area contributed by atoms with Crippen molar-refractivity contribution in [1.29, 1.82) is 0 Å². The van der Waals surface area contributed by atoms with Crippen molar-refractivity contribution in [1.82, 2.24) is 19.6 Å². The van der Waals surface area contributed by atoms with E-state index < -0.39 is 16.1 Å². The molecular weight excluding hydrogens is 488 g/mol. The van der Waals surface area contributed by atoms with Crippen molar-refractivity contribution in [3.8, 4) is 17.2 Å². The molecular formula is C24H32N4O7S. The fourth-order valence-corrected chi connectivity index (χ4v) is 5.82. The van der Waals surface area contributed by atoms with E-state index in [1.807, 2.05) is 0 Å². The minimum atomic E-state index is -3.63. The predicted molar refractivity (Wildman–Crippen MR) is 134 cm³/mol. The summed E-state index contributed by atoms with van der Waals surface area (Å²) in [6.45, 7) is 1.92. The molecule has 196 valence electrons. The Labute approximate surface area is 209 Å². The summed E-state index contributed by atoms with van der Waals surface area (Å²) in [4.78, 5) is 17.0. The van der Waals surface area contributed by atoms with Crippen LogP contribution in [0.5, 0.6) is 17.2 Å². The van der Waals surface area contributed by atoms with Crippen molar-refractivity contribution in [2.75, 3.05) is 47.0 Å². The quantitative estimate of drug-likeness (QED) is 0.296. The zero-order valence-electron chi connectivity index (χ0n) is 20.3. The topological polar surface area (TPSA) is 146 Å². The number of benzene rings is 2. The van der Waals surface area contributed by atoms with Crippen LogP contribution in [0, 0.1) is 5.92 Å². The molecule has 4 rings (SSSR count). The van der Waals surface area contributed by atoms with Gasteiger partial charge in [-0.3, -0.25) is 0 Å². The van der Waals surface area contributed by atoms with Gasteiger partial charge in [0.2, 0.25) is 10.0 Å². The molecule has 2 aromatic carbocycles. The maximum Gasteiger partial charge on any atom is 0.323 e. The zero-order chi connectivity index (χ0) is 25.7. The van der Waals surface area contributed by atoms with Gasteiger partial charge in [0.1, 0.15) is 24.0 Å². The number of imidazole rings is 1. The molecule has 12 heteroatoms. The van der Waals surface area contributed by atoms with Crippen LogP contribution >= 0.6 is 0 Å². The number of nitrogens with one attached hydrogen (secondary N) is 3. The van der Waals surface area contributed by atoms with E-state index in [2.05, 4.69) is 15.3 Å². The van der Waals surface area contributed by atoms with E-state index in [4.69, 9.17) is 14.2 Å². The van der Waals surface area contributed by atoms with Gasteiger partial charge in [0, 0.05) is 25.7 Å². The summed E-state index contributed by atoms with van der Waals surface area (Å²) in [6, 6.07) is 9.87. The molecule has 4 N–H and O–H groups in total. The number of nitrogens with zero attached hydrogens (tertiary/aromatic N) is 1. The van der Waals surface area contributed by atoms with Crippen LogP contribution in [0.15, 0.2) is 46.1 Å². The monoisotopic (exact) mass is 520 g/mol. The van der Waals surface area contributed by atoms with Crippen molar-refractivity contribution in [3.05, 3.63) is 46.9 Å². The van der Waals surface area contributed by atoms with Crippen LogP contribution in [0.25, 0.3) is 11.0 Å². The normalized spacial score (nSPS) is 16.2. The summed E-state index contributed by atoms with van der Waals surface area (Å²) >= 11 is 0. The zero-order valence-corrected chi connectivity index (χ0v) is 21.1. The van der Waals surface area contributed by atoms with E-state index in [0.717, 1.165) is 12.8 Å². The molecule has 0 unspecified atom stereocenters. The number of ether oxygens (including phenoxy) is 3. The highest BCUT2D eigenvalue weighted by Crippen LogP contribution is 2.32. The number of aliphatic hydroxyl groups excluding tert-OH is 1. The van der Waals surface area contributed by atoms with Crippen molar-refractivity contribution in [2.45, 2.75) is 23.8 Å². The molecule has 0 aliphatic carbocycles. The summed E-state index contributed by atoms with van der Waals surface area (Å²) < 4.78 is 43.8. The molecule has 0 bridgehead atoms. The predicted octanol–water partition coefficient (Wildman–Crippen LogP) is 1.30. The Bertz CT molecular complexity index is 1330. The van der Waals surface area contributed by atoms with Crippen LogP contribution in [0.4, 0.5) is 0 Å². The van der Waals surface area contributed by atoms with E-state index in [0.29, 0.717) is 60.4 Å². The standard InChI is InChI=1S/C24H32N4O7S/c1-33-20-7-6-18(12-22(20)34-2)36(31,32)28-10-8-16(9-11-28)13-25-14-17(29)15-35-21-5-3-4-19-23(21)27-24(30)26-19/h3-7,12,16-17,25,29H,8-11,13-15H2,1-2H3,(H2,26,27,30)/t17-/m1/s1. The lowest BCUT2D eigenvalue weighted by molar-refractivity contribution is 0.105. The number of aliphatic hydroxyl groups is 1. The van der Waals surface area contributed by atoms with Crippen molar-refractivity contribution in [2.24, 2.45) is 5.92 Å². The lowest BCUT2D eigenvalue weighted by Gasteiger charge is -2.31. The maximum atomic E-state index is 13.1. The number of hydrogen-bond acceptors (Lipinski definition) is 8. The van der Waals surface area contributed by atoms with Crippen molar-refractivity contribution >= 4 is 21.1 Å². The molecule has 11 nitrogen and oxygen atoms in total. The Morgan fingerprint density at radius 1 is 1.08 bits per heavy atom. The van der Waals surface area contributed by atoms with Crippen molar-refractivity contribution in [3.63, 3.8) is 0 Å². The van der Waals surface area contributed by atoms with Crippen LogP contribution in [-0.4, -0.2) is 80.9 Å². The Hall–Kier alpha value is -3.06. The molecule has 2 heterocycles. The van der Waals surface area contributed by atoms with Crippen LogP contribution < -0.4 is 25.2 Å². The average molecular weight is 521 g/mol. The van der Waals surface area contributed by atoms with Gasteiger partial charge in [-0.25, -0.2) is 13.2 Å². The highest BCUT2D eigenvalue weighted by Gasteiger charge is 2.30. The molecule has 3 aromatic rings. The maximum absolute atomic E-state index is 13.1. The number of para-hydroxylation sites is 1. The Balaban J connectivity index is 1.22. The number of sulfonamides is 1. The van der Waals surface area contributed by atoms with Gasteiger partial charge < -0.3 is 34.6 Å². The first-order valence-corrected chi connectivity index (χ1v) is 13.2. The fourth-order valence-electron chi connectivity index (χ4n) is 4.33. The number of aromatic nitrogens is 2. The summed E-state index contributed by atoms with van der Waals surface area (Å²) in [7, 11) is -0.652. The molecule has 1 aliphatic rings. The smallest absolute Gasteiger partial charge is 0.323 e. The van der Waals surface area contributed by atoms with Gasteiger partial charge in [-0.05, 0) is 49.6 Å². The molecule has 0 radical (unpaired) electrons. The first kappa shape index (κ1) is 26.0. The molecule has 0 amide bonds. The third kappa shape index (κ3) is 5.84. The van der Waals surface area contributed by atoms with Gasteiger partial charge in [-0.2, -0.15) is 4.31 Å². The van der Waals surface area contributed by atoms with Crippen LogP contribution in [0.3, 0.4) is 0 Å². The minimum Gasteiger partial charge on any atom is -0.493 e. The lowest BCUT2D eigenvalue weighted by Crippen LogP contribution is -2.42. The molecule has 1 atom stereocenters. The van der Waals surface area contributed by atoms with E-state index >= 15 is 0 Å². The number of methoxy groups -OCH3 is 2. The third-order valence-corrected chi connectivity index (χ3v) is 8.22. The van der Waals surface area contributed by atoms with Crippen LogP contribution in [-0.2, 0) is 10.0 Å². The highest BCUT2D eigenvalue weighted by atomic mass is 32.2. The first-order chi connectivity index (χ1) is 17.3. The summed E-state index contributed by atoms with van der Waals surface area (Å²) in [5.74, 6) is 1.64. The SMILES string of the molecule is COc1ccc(S(=O)(=O)N2CCC(CNC[C@@H](O)COc3cccc4[nH]c(=O)[nH]c34)CC2)cc1OC. The largest absolute Gasteiger partial charge is 0.493 e. The van der Waals surface area contributed by atoms with Crippen LogP contribution in [0.1, 0.15) is 12.8 Å². The van der Waals surface area contributed by atoms with Gasteiger partial charge in [-0.1, -0.05) is 6.07 Å². The minimum absolute atomic E-state index is 0.0708. The van der Waals surface area contributed by atoms with Gasteiger partial charge in [0.05, 0.1) is 24.6 Å². The third-order valence-electron chi connectivity index (χ3n) is 6.32. The fraction of sp³-hybridized carbons (Fsp3) is 0.458. The molecule has 1 fully saturated rings. The Kier molecular flexibility index (Phi) is 8.19. The van der Waals surface area contributed by atoms with E-state index in [1.165, 1.54) is 30.7 Å². The molecule has 1 aromatic heterocycles. The number of hydrogen-bond donors (Lipinski definition) is 4. The summed E-state index contributed by atoms with van der Waals surface area (Å²) in [5.41, 5.74) is 0.896. The van der Waals surface area contributed by atoms with Crippen molar-refractivity contribution < 1.29 is 27.7 Å². The van der Waals surface area contributed by atoms with Crippen LogP contribution in [0.2, 0.25) is 0 Å². The first-order valence-electron chi connectivity index (χ1n) is 11.8. The number of aromatic amines is 2. The molecule has 1 saturated heterocycles. The summed E-state index contributed by atoms with van der Waals surface area (Å²) in [5, 5.41) is 13.6. The van der Waals surface area contributed by atoms with Gasteiger partial charge >= 0.3 is 5.69 Å². The lowest BCUT2D eigenvalue weighted by atomic mass is 9.98. The highest BCUT2D eigenvalue weighted by molar-refractivity contribution is 7.89. The van der Waals surface area contributed by atoms with E-state index in [9.17, 15) is 18.3 Å². The second-order valence-electron chi connectivity index (χ2n) is 8.75. The average Bonchev–Trinajstić information content (AvgIpc) is 3.28. The second kappa shape index (κ2) is 11.3. The molecule has 1 aliphatic heterocycles. The van der Waals surface area contributed by atoms with E-state index in [-0.39, 0.29) is 17.2 Å². The van der Waals surface area contributed by atoms with Gasteiger partial charge in [0.25, 0.3) is 0 Å². The Morgan fingerprint density at radius 2 is 1.83 bits per heavy atom. The number of rotatable bonds is 11. The number of H-pyrrole nitrogens is 2.